The Morgan fingerprint density at radius 3 is 2.43 bits per heavy atom. The molecule has 0 aliphatic carbocycles. The van der Waals surface area contributed by atoms with Crippen LogP contribution in [-0.4, -0.2) is 48.1 Å². The Kier molecular flexibility index (Phi) is 9.18. The average molecular weight is 603 g/mol. The fraction of sp³-hybridized carbons (Fsp3) is 0.367. The topological polar surface area (TPSA) is 127 Å². The molecule has 42 heavy (non-hydrogen) atoms. The van der Waals surface area contributed by atoms with E-state index in [1.54, 1.807) is 43.1 Å². The molecule has 1 unspecified atom stereocenters. The number of halogens is 1. The maximum Gasteiger partial charge on any atom is 0.469 e. The third kappa shape index (κ3) is 6.87. The summed E-state index contributed by atoms with van der Waals surface area (Å²) in [6.45, 7) is 7.13. The monoisotopic (exact) mass is 602 g/mol. The van der Waals surface area contributed by atoms with Gasteiger partial charge in [0, 0.05) is 30.3 Å². The molecular weight excluding hydrogens is 566 g/mol. The number of phosphoric acid groups is 1. The number of amides is 1. The van der Waals surface area contributed by atoms with Crippen LogP contribution in [0.1, 0.15) is 38.3 Å². The minimum atomic E-state index is -4.66. The Labute approximate surface area is 244 Å². The molecule has 1 atom stereocenters. The number of rotatable bonds is 11. The van der Waals surface area contributed by atoms with E-state index >= 15 is 0 Å². The lowest BCUT2D eigenvalue weighted by atomic mass is 9.91. The summed E-state index contributed by atoms with van der Waals surface area (Å²) in [6, 6.07) is 13.3. The Morgan fingerprint density at radius 2 is 1.76 bits per heavy atom. The number of benzene rings is 3. The molecule has 1 aliphatic rings. The number of ether oxygens (including phenoxy) is 3. The summed E-state index contributed by atoms with van der Waals surface area (Å²) in [7, 11) is -1.44. The van der Waals surface area contributed by atoms with Crippen molar-refractivity contribution in [3.05, 3.63) is 65.5 Å². The summed E-state index contributed by atoms with van der Waals surface area (Å²) in [5, 5.41) is 3.32. The molecule has 3 N–H and O–H groups in total. The Balaban J connectivity index is 1.75. The molecule has 1 aliphatic heterocycles. The van der Waals surface area contributed by atoms with Crippen molar-refractivity contribution in [3.63, 3.8) is 0 Å². The van der Waals surface area contributed by atoms with E-state index in [1.165, 1.54) is 19.2 Å². The van der Waals surface area contributed by atoms with Crippen LogP contribution in [-0.2, 0) is 20.5 Å². The van der Waals surface area contributed by atoms with E-state index in [0.717, 1.165) is 16.8 Å². The van der Waals surface area contributed by atoms with Crippen molar-refractivity contribution >= 4 is 25.1 Å². The van der Waals surface area contributed by atoms with Gasteiger partial charge in [-0.2, -0.15) is 0 Å². The van der Waals surface area contributed by atoms with Crippen molar-refractivity contribution in [1.29, 1.82) is 0 Å². The molecule has 4 rings (SSSR count). The number of methoxy groups -OCH3 is 1. The number of carbonyl (C=O) groups is 1. The fourth-order valence-electron chi connectivity index (χ4n) is 4.90. The number of likely N-dealkylation sites (N-methyl/N-ethyl adjacent to an activating group) is 1. The number of fused-ring (bicyclic) bond motifs is 1. The van der Waals surface area contributed by atoms with Crippen molar-refractivity contribution in [2.24, 2.45) is 0 Å². The SMILES string of the molecule is CCC(COc1ccc(-c2ccc3c(c2COc2cc(F)ccc2C)N(C)C(=O)C(C)(C)N3)c(OC)c1)OP(=O)(O)O. The van der Waals surface area contributed by atoms with Crippen LogP contribution < -0.4 is 24.4 Å². The third-order valence-electron chi connectivity index (χ3n) is 7.07. The van der Waals surface area contributed by atoms with E-state index in [9.17, 15) is 13.8 Å². The quantitative estimate of drug-likeness (QED) is 0.233. The van der Waals surface area contributed by atoms with E-state index in [2.05, 4.69) is 5.32 Å². The normalized spacial score (nSPS) is 15.1. The molecule has 0 aromatic heterocycles. The second kappa shape index (κ2) is 12.3. The van der Waals surface area contributed by atoms with Crippen LogP contribution in [0.2, 0.25) is 0 Å². The van der Waals surface area contributed by atoms with Gasteiger partial charge in [-0.05, 0) is 62.6 Å². The molecule has 0 bridgehead atoms. The highest BCUT2D eigenvalue weighted by Crippen LogP contribution is 2.45. The average Bonchev–Trinajstić information content (AvgIpc) is 2.93. The van der Waals surface area contributed by atoms with Gasteiger partial charge in [0.2, 0.25) is 0 Å². The Bertz CT molecular complexity index is 1520. The standard InChI is InChI=1S/C30H36FN2O8P/c1-7-20(41-42(35,36)37)16-39-21-10-11-23(27(15-21)38-6)22-12-13-25-28(33(5)29(34)30(3,4)32-25)24(22)17-40-26-14-19(31)9-8-18(26)2/h8-15,20,32H,7,16-17H2,1-6H3,(H2,35,36,37). The summed E-state index contributed by atoms with van der Waals surface area (Å²) in [5.41, 5.74) is 3.41. The number of phosphoric ester groups is 1. The molecule has 10 nitrogen and oxygen atoms in total. The molecule has 0 fully saturated rings. The van der Waals surface area contributed by atoms with Gasteiger partial charge in [-0.1, -0.05) is 19.1 Å². The van der Waals surface area contributed by atoms with Crippen LogP contribution in [0.3, 0.4) is 0 Å². The number of aryl methyl sites for hydroxylation is 1. The number of hydrogen-bond acceptors (Lipinski definition) is 7. The van der Waals surface area contributed by atoms with Gasteiger partial charge < -0.3 is 34.2 Å². The summed E-state index contributed by atoms with van der Waals surface area (Å²) in [4.78, 5) is 33.1. The molecule has 12 heteroatoms. The van der Waals surface area contributed by atoms with Gasteiger partial charge in [0.05, 0.1) is 18.5 Å². The highest BCUT2D eigenvalue weighted by atomic mass is 31.2. The first-order chi connectivity index (χ1) is 19.7. The minimum Gasteiger partial charge on any atom is -0.496 e. The lowest BCUT2D eigenvalue weighted by Crippen LogP contribution is -2.52. The molecule has 226 valence electrons. The highest BCUT2D eigenvalue weighted by Gasteiger charge is 2.38. The summed E-state index contributed by atoms with van der Waals surface area (Å²) < 4.78 is 47.7. The molecule has 1 amide bonds. The van der Waals surface area contributed by atoms with Crippen molar-refractivity contribution in [2.45, 2.75) is 52.4 Å². The predicted molar refractivity (Wildman–Crippen MR) is 158 cm³/mol. The molecule has 1 heterocycles. The Morgan fingerprint density at radius 1 is 1.05 bits per heavy atom. The highest BCUT2D eigenvalue weighted by molar-refractivity contribution is 7.46. The number of nitrogens with one attached hydrogen (secondary N) is 1. The lowest BCUT2D eigenvalue weighted by molar-refractivity contribution is -0.121. The van der Waals surface area contributed by atoms with E-state index in [4.69, 9.17) is 28.5 Å². The number of nitrogens with zero attached hydrogens (tertiary/aromatic N) is 1. The Hall–Kier alpha value is -3.63. The number of hydrogen-bond donors (Lipinski definition) is 3. The fourth-order valence-corrected chi connectivity index (χ4v) is 5.50. The van der Waals surface area contributed by atoms with Gasteiger partial charge in [-0.25, -0.2) is 8.96 Å². The minimum absolute atomic E-state index is 0.0296. The maximum absolute atomic E-state index is 14.0. The first-order valence-corrected chi connectivity index (χ1v) is 14.9. The second-order valence-corrected chi connectivity index (χ2v) is 11.8. The van der Waals surface area contributed by atoms with Gasteiger partial charge in [0.1, 0.15) is 47.9 Å². The summed E-state index contributed by atoms with van der Waals surface area (Å²) in [6.07, 6.45) is -0.474. The molecule has 3 aromatic rings. The van der Waals surface area contributed by atoms with E-state index in [0.29, 0.717) is 40.5 Å². The molecule has 3 aromatic carbocycles. The van der Waals surface area contributed by atoms with Gasteiger partial charge >= 0.3 is 7.82 Å². The van der Waals surface area contributed by atoms with Crippen LogP contribution in [0.15, 0.2) is 48.5 Å². The molecule has 0 spiro atoms. The van der Waals surface area contributed by atoms with Crippen molar-refractivity contribution in [2.75, 3.05) is 31.0 Å². The zero-order chi connectivity index (χ0) is 30.8. The maximum atomic E-state index is 14.0. The first-order valence-electron chi connectivity index (χ1n) is 13.4. The first kappa shape index (κ1) is 31.3. The number of carbonyl (C=O) groups excluding carboxylic acids is 1. The van der Waals surface area contributed by atoms with Crippen LogP contribution in [0.4, 0.5) is 15.8 Å². The van der Waals surface area contributed by atoms with E-state index in [1.807, 2.05) is 32.9 Å². The van der Waals surface area contributed by atoms with E-state index < -0.39 is 25.3 Å². The summed E-state index contributed by atoms with van der Waals surface area (Å²) >= 11 is 0. The van der Waals surface area contributed by atoms with Crippen LogP contribution in [0.5, 0.6) is 17.2 Å². The molecule has 0 saturated carbocycles. The van der Waals surface area contributed by atoms with Gasteiger partial charge in [0.25, 0.3) is 5.91 Å². The van der Waals surface area contributed by atoms with E-state index in [-0.39, 0.29) is 19.1 Å². The largest absolute Gasteiger partial charge is 0.496 e. The zero-order valence-electron chi connectivity index (χ0n) is 24.4. The third-order valence-corrected chi connectivity index (χ3v) is 7.64. The van der Waals surface area contributed by atoms with Crippen molar-refractivity contribution in [3.8, 4) is 28.4 Å². The van der Waals surface area contributed by atoms with Gasteiger partial charge in [-0.15, -0.1) is 0 Å². The predicted octanol–water partition coefficient (Wildman–Crippen LogP) is 5.82. The zero-order valence-corrected chi connectivity index (χ0v) is 25.3. The lowest BCUT2D eigenvalue weighted by Gasteiger charge is -2.39. The van der Waals surface area contributed by atoms with Crippen LogP contribution in [0.25, 0.3) is 11.1 Å². The number of anilines is 2. The molecule has 0 radical (unpaired) electrons. The van der Waals surface area contributed by atoms with Crippen molar-refractivity contribution in [1.82, 2.24) is 0 Å². The smallest absolute Gasteiger partial charge is 0.469 e. The molecular formula is C30H36FN2O8P. The molecule has 0 saturated heterocycles. The van der Waals surface area contributed by atoms with Gasteiger partial charge in [-0.3, -0.25) is 9.32 Å². The van der Waals surface area contributed by atoms with Crippen LogP contribution in [0, 0.1) is 12.7 Å². The summed E-state index contributed by atoms with van der Waals surface area (Å²) in [5.74, 6) is 0.697. The second-order valence-electron chi connectivity index (χ2n) is 10.6. The van der Waals surface area contributed by atoms with Crippen molar-refractivity contribution < 1.29 is 42.3 Å². The van der Waals surface area contributed by atoms with Crippen LogP contribution >= 0.6 is 7.82 Å². The van der Waals surface area contributed by atoms with Gasteiger partial charge in [0.15, 0.2) is 0 Å².